The number of rotatable bonds is 12. The minimum Gasteiger partial charge on any atom is -0.565 e. The van der Waals surface area contributed by atoms with Gasteiger partial charge in [-0.3, -0.25) is 9.59 Å². The molecule has 0 fully saturated rings. The molecule has 0 saturated carbocycles. The van der Waals surface area contributed by atoms with Gasteiger partial charge in [0.05, 0.1) is 13.1 Å². The maximum atomic E-state index is 14.3. The van der Waals surface area contributed by atoms with E-state index in [0.29, 0.717) is 24.7 Å². The summed E-state index contributed by atoms with van der Waals surface area (Å²) >= 11 is 0. The van der Waals surface area contributed by atoms with Gasteiger partial charge in [-0.25, -0.2) is 31.6 Å². The molecule has 16 nitrogen and oxygen atoms in total. The smallest absolute Gasteiger partial charge is 0.521 e. The van der Waals surface area contributed by atoms with Gasteiger partial charge in [-0.15, -0.1) is 20.4 Å². The standard InChI is InChI=1S/C23H21F6N5O.C16H15F6N5O.HO4P.H2/c24-17-11-19(26)18(25)9-15(17)8-16(30-12-14-4-2-1-3-5-14)10-21(35)33-6-7-34-20(13-33)31-32-22(34)23(27,28)29;17-10-6-12(19)11(18)4-8(10)3-9(23)5-14(28)26-1-2-27-13(7-26)24-25-15(27)16(20,21)22;1-4-5(2)3;/h1-5,9,11,16,30H,6-8,10,12-13H2;4,6,9H,1-3,5,7,23H2;1H;1H/t16-;9-;;/m11../s1. The fourth-order valence-electron chi connectivity index (χ4n) is 6.99. The average Bonchev–Trinajstić information content (AvgIpc) is 3.92. The van der Waals surface area contributed by atoms with Gasteiger partial charge in [0.2, 0.25) is 23.5 Å². The highest BCUT2D eigenvalue weighted by Gasteiger charge is 2.41. The van der Waals surface area contributed by atoms with Crippen molar-refractivity contribution in [1.29, 1.82) is 0 Å². The van der Waals surface area contributed by atoms with E-state index in [-0.39, 0.29) is 89.2 Å². The maximum Gasteiger partial charge on any atom is 0.521 e. The van der Waals surface area contributed by atoms with Crippen molar-refractivity contribution < 1.29 is 83.1 Å². The fourth-order valence-corrected chi connectivity index (χ4v) is 6.99. The molecule has 0 aliphatic carbocycles. The second kappa shape index (κ2) is 22.8. The van der Waals surface area contributed by atoms with Crippen LogP contribution in [0.3, 0.4) is 0 Å². The summed E-state index contributed by atoms with van der Waals surface area (Å²) in [5.41, 5.74) is 6.43. The van der Waals surface area contributed by atoms with E-state index in [2.05, 4.69) is 30.4 Å². The first kappa shape index (κ1) is 52.9. The lowest BCUT2D eigenvalue weighted by Gasteiger charge is -2.30. The third-order valence-corrected chi connectivity index (χ3v) is 10.3. The number of nitrogens with two attached hydrogens (primary N) is 1. The molecule has 0 radical (unpaired) electrons. The minimum atomic E-state index is -4.65. The first-order valence-electron chi connectivity index (χ1n) is 19.7. The van der Waals surface area contributed by atoms with Gasteiger partial charge in [-0.2, -0.15) is 26.3 Å². The number of nitrogens with zero attached hydrogens (tertiary/aromatic N) is 8. The molecule has 1 unspecified atom stereocenters. The predicted molar refractivity (Wildman–Crippen MR) is 209 cm³/mol. The quantitative estimate of drug-likeness (QED) is 0.0459. The van der Waals surface area contributed by atoms with Crippen molar-refractivity contribution in [3.63, 3.8) is 0 Å². The van der Waals surface area contributed by atoms with Crippen LogP contribution in [0.25, 0.3) is 0 Å². The molecule has 0 spiro atoms. The molecule has 4 heterocycles. The Morgan fingerprint density at radius 2 is 1.13 bits per heavy atom. The van der Waals surface area contributed by atoms with Crippen molar-refractivity contribution in [1.82, 2.24) is 44.6 Å². The molecule has 4 N–H and O–H groups in total. The van der Waals surface area contributed by atoms with Crippen LogP contribution in [0.2, 0.25) is 0 Å². The molecule has 0 bridgehead atoms. The molecule has 5 aromatic rings. The molecular weight excluding hydrogens is 963 g/mol. The monoisotopic (exact) mass is 1000 g/mol. The second-order valence-corrected chi connectivity index (χ2v) is 15.6. The van der Waals surface area contributed by atoms with Crippen LogP contribution >= 0.6 is 8.25 Å². The summed E-state index contributed by atoms with van der Waals surface area (Å²) in [7, 11) is -3.04. The molecule has 370 valence electrons. The highest BCUT2D eigenvalue weighted by Crippen LogP contribution is 2.31. The molecule has 2 amide bonds. The molecule has 2 aliphatic rings. The van der Waals surface area contributed by atoms with E-state index >= 15 is 0 Å². The summed E-state index contributed by atoms with van der Waals surface area (Å²) < 4.78 is 172. The maximum absolute atomic E-state index is 14.3. The zero-order chi connectivity index (χ0) is 50.1. The van der Waals surface area contributed by atoms with Gasteiger partial charge in [0.15, 0.2) is 34.9 Å². The molecule has 29 heteroatoms. The van der Waals surface area contributed by atoms with Crippen LogP contribution in [0, 0.1) is 34.9 Å². The van der Waals surface area contributed by atoms with Crippen molar-refractivity contribution in [2.45, 2.75) is 82.8 Å². The van der Waals surface area contributed by atoms with Crippen molar-refractivity contribution in [2.24, 2.45) is 5.73 Å². The van der Waals surface area contributed by atoms with E-state index < -0.39 is 91.1 Å². The van der Waals surface area contributed by atoms with Crippen molar-refractivity contribution >= 4 is 20.1 Å². The summed E-state index contributed by atoms with van der Waals surface area (Å²) in [5.74, 6) is -10.1. The SMILES string of the molecule is N[C@@H](CC(=O)N1CCn2c(nnc2C(F)(F)F)C1)Cc1cc(F)c(F)cc1F.O=C(C[C@@H](Cc1cc(F)c(F)cc1F)NCc1ccccc1)N1CCn2c(nnc2C(F)(F)F)C1.O=[P+]([O-])OO.[HH]. The number of benzene rings is 3. The predicted octanol–water partition coefficient (Wildman–Crippen LogP) is 5.60. The Labute approximate surface area is 378 Å². The third kappa shape index (κ3) is 14.2. The summed E-state index contributed by atoms with van der Waals surface area (Å²) in [5, 5.41) is 23.6. The van der Waals surface area contributed by atoms with E-state index in [1.807, 2.05) is 30.3 Å². The molecule has 68 heavy (non-hydrogen) atoms. The van der Waals surface area contributed by atoms with E-state index in [4.69, 9.17) is 20.4 Å². The molecule has 2 aliphatic heterocycles. The number of carbonyl (C=O) groups excluding carboxylic acids is 2. The van der Waals surface area contributed by atoms with Gasteiger partial charge >= 0.3 is 20.6 Å². The molecule has 7 rings (SSSR count). The van der Waals surface area contributed by atoms with Gasteiger partial charge in [0.1, 0.15) is 11.6 Å². The Morgan fingerprint density at radius 1 is 0.706 bits per heavy atom. The van der Waals surface area contributed by atoms with Gasteiger partial charge in [0.25, 0.3) is 0 Å². The normalized spacial score (nSPS) is 14.7. The first-order chi connectivity index (χ1) is 31.9. The highest BCUT2D eigenvalue weighted by atomic mass is 31.1. The van der Waals surface area contributed by atoms with Crippen LogP contribution in [-0.4, -0.2) is 81.6 Å². The molecule has 3 atom stereocenters. The van der Waals surface area contributed by atoms with Gasteiger partial charge in [-0.05, 0) is 46.2 Å². The van der Waals surface area contributed by atoms with Gasteiger partial charge in [0, 0.05) is 75.9 Å². The zero-order valence-electron chi connectivity index (χ0n) is 34.8. The van der Waals surface area contributed by atoms with Crippen LogP contribution in [0.1, 0.15) is 54.3 Å². The van der Waals surface area contributed by atoms with Crippen LogP contribution in [0.5, 0.6) is 0 Å². The number of nitrogens with one attached hydrogen (secondary N) is 1. The van der Waals surface area contributed by atoms with E-state index in [9.17, 15) is 62.3 Å². The lowest BCUT2D eigenvalue weighted by Crippen LogP contribution is -2.43. The van der Waals surface area contributed by atoms with Crippen LogP contribution < -0.4 is 15.9 Å². The highest BCUT2D eigenvalue weighted by molar-refractivity contribution is 7.30. The van der Waals surface area contributed by atoms with Crippen molar-refractivity contribution in [2.75, 3.05) is 13.1 Å². The Hall–Kier alpha value is -6.06. The van der Waals surface area contributed by atoms with E-state index in [0.717, 1.165) is 20.8 Å². The summed E-state index contributed by atoms with van der Waals surface area (Å²) in [4.78, 5) is 36.9. The van der Waals surface area contributed by atoms with Gasteiger partial charge < -0.3 is 34.9 Å². The number of hydrogen-bond donors (Lipinski definition) is 3. The zero-order valence-corrected chi connectivity index (χ0v) is 35.6. The molecule has 2 aromatic heterocycles. The largest absolute Gasteiger partial charge is 0.565 e. The number of amides is 2. The van der Waals surface area contributed by atoms with Crippen LogP contribution in [-0.2, 0) is 76.7 Å². The number of fused-ring (bicyclic) bond motifs is 2. The number of aromatic nitrogens is 6. The van der Waals surface area contributed by atoms with E-state index in [1.165, 1.54) is 9.80 Å². The second-order valence-electron chi connectivity index (χ2n) is 15.0. The minimum absolute atomic E-state index is 0. The van der Waals surface area contributed by atoms with Crippen LogP contribution in [0.15, 0.2) is 54.6 Å². The third-order valence-electron chi connectivity index (χ3n) is 10.2. The van der Waals surface area contributed by atoms with E-state index in [1.54, 1.807) is 0 Å². The lowest BCUT2D eigenvalue weighted by atomic mass is 10.0. The average molecular weight is 1000 g/mol. The first-order valence-corrected chi connectivity index (χ1v) is 20.8. The van der Waals surface area contributed by atoms with Crippen molar-refractivity contribution in [3.8, 4) is 0 Å². The number of hydrogen-bond acceptors (Lipinski definition) is 12. The number of alkyl halides is 6. The fraction of sp³-hybridized carbons (Fsp3) is 0.385. The summed E-state index contributed by atoms with van der Waals surface area (Å²) in [6.07, 6.45) is -10.0. The Kier molecular flexibility index (Phi) is 17.8. The number of halogens is 12. The molecular formula is C39H39F12N10O6P. The lowest BCUT2D eigenvalue weighted by molar-refractivity contribution is -0.244. The molecule has 3 aromatic carbocycles. The van der Waals surface area contributed by atoms with Crippen molar-refractivity contribution in [3.05, 3.63) is 129 Å². The van der Waals surface area contributed by atoms with Crippen LogP contribution in [0.4, 0.5) is 52.7 Å². The Balaban J connectivity index is 0.000000275. The Morgan fingerprint density at radius 3 is 1.57 bits per heavy atom. The summed E-state index contributed by atoms with van der Waals surface area (Å²) in [6, 6.07) is 9.91. The Bertz CT molecular complexity index is 2570. The molecule has 0 saturated heterocycles. The topological polar surface area (TPSA) is 210 Å². The van der Waals surface area contributed by atoms with Gasteiger partial charge in [-0.1, -0.05) is 30.3 Å². The summed E-state index contributed by atoms with van der Waals surface area (Å²) in [6.45, 7) is -0.246. The number of carbonyl (C=O) groups is 2.